The van der Waals surface area contributed by atoms with Crippen LogP contribution in [0, 0.1) is 5.41 Å². The van der Waals surface area contributed by atoms with E-state index in [0.29, 0.717) is 25.2 Å². The number of hydrogen-bond donors (Lipinski definition) is 2. The van der Waals surface area contributed by atoms with E-state index < -0.39 is 0 Å². The largest absolute Gasteiger partial charge is 0.508 e. The van der Waals surface area contributed by atoms with Crippen LogP contribution in [-0.4, -0.2) is 79.4 Å². The zero-order chi connectivity index (χ0) is 27.1. The first-order valence-electron chi connectivity index (χ1n) is 14.2. The molecule has 3 heterocycles. The molecule has 0 bridgehead atoms. The van der Waals surface area contributed by atoms with Crippen molar-refractivity contribution in [1.82, 2.24) is 20.2 Å². The Morgan fingerprint density at radius 1 is 1.21 bits per heavy atom. The van der Waals surface area contributed by atoms with Gasteiger partial charge in [0, 0.05) is 71.4 Å². The normalized spacial score (nSPS) is 20.4. The van der Waals surface area contributed by atoms with Crippen molar-refractivity contribution in [2.75, 3.05) is 63.2 Å². The quantitative estimate of drug-likeness (QED) is 0.393. The number of nitrogens with zero attached hydrogens (tertiary/aromatic N) is 5. The number of benzene rings is 2. The number of aromatic hydroxyl groups is 1. The summed E-state index contributed by atoms with van der Waals surface area (Å²) in [6, 6.07) is 10.7. The van der Waals surface area contributed by atoms with Gasteiger partial charge in [-0.05, 0) is 57.3 Å². The molecule has 2 N–H and O–H groups in total. The van der Waals surface area contributed by atoms with Crippen LogP contribution in [0.4, 0.5) is 11.5 Å². The van der Waals surface area contributed by atoms with E-state index in [0.717, 1.165) is 78.0 Å². The standard InChI is InChI=1S/C30H39BrN6O2/c1-4-21-16-32-11-13-37(21)28-23-8-12-36(26-15-22(38)14-20-6-5-7-24(31)27(20)26)17-25(23)33-29(34-28)39-19-30(9-10-30)18-35(2)3/h5-7,14-15,21,32,38H,4,8-13,16-19H2,1-3H3/t21-/m0/s1. The number of halogens is 1. The van der Waals surface area contributed by atoms with Crippen molar-refractivity contribution in [2.24, 2.45) is 5.41 Å². The van der Waals surface area contributed by atoms with Gasteiger partial charge in [0.05, 0.1) is 18.8 Å². The van der Waals surface area contributed by atoms with Crippen LogP contribution in [0.5, 0.6) is 11.8 Å². The summed E-state index contributed by atoms with van der Waals surface area (Å²) in [6.07, 6.45) is 4.28. The summed E-state index contributed by atoms with van der Waals surface area (Å²) in [4.78, 5) is 17.2. The Labute approximate surface area is 239 Å². The molecule has 1 aromatic heterocycles. The van der Waals surface area contributed by atoms with Crippen LogP contribution in [0.25, 0.3) is 10.8 Å². The number of piperazine rings is 1. The van der Waals surface area contributed by atoms with Crippen molar-refractivity contribution >= 4 is 38.2 Å². The fraction of sp³-hybridized carbons (Fsp3) is 0.533. The number of rotatable bonds is 8. The van der Waals surface area contributed by atoms with Gasteiger partial charge in [-0.3, -0.25) is 0 Å². The number of phenolic OH excluding ortho intramolecular Hbond substituents is 1. The summed E-state index contributed by atoms with van der Waals surface area (Å²) >= 11 is 3.75. The molecule has 0 unspecified atom stereocenters. The van der Waals surface area contributed by atoms with Gasteiger partial charge in [-0.15, -0.1) is 0 Å². The maximum Gasteiger partial charge on any atom is 0.318 e. The second-order valence-corrected chi connectivity index (χ2v) is 12.6. The van der Waals surface area contributed by atoms with Crippen molar-refractivity contribution in [1.29, 1.82) is 0 Å². The molecule has 3 aromatic rings. The van der Waals surface area contributed by atoms with E-state index in [1.807, 2.05) is 24.3 Å². The van der Waals surface area contributed by atoms with Crippen molar-refractivity contribution in [3.63, 3.8) is 0 Å². The molecule has 0 radical (unpaired) electrons. The maximum atomic E-state index is 10.6. The zero-order valence-corrected chi connectivity index (χ0v) is 24.8. The Morgan fingerprint density at radius 3 is 2.82 bits per heavy atom. The number of fused-ring (bicyclic) bond motifs is 2. The molecule has 0 spiro atoms. The molecule has 39 heavy (non-hydrogen) atoms. The van der Waals surface area contributed by atoms with Crippen molar-refractivity contribution in [3.8, 4) is 11.8 Å². The Bertz CT molecular complexity index is 1360. The molecule has 1 atom stereocenters. The summed E-state index contributed by atoms with van der Waals surface area (Å²) in [5.74, 6) is 1.32. The summed E-state index contributed by atoms with van der Waals surface area (Å²) in [5, 5.41) is 16.2. The molecule has 208 valence electrons. The topological polar surface area (TPSA) is 77.0 Å². The van der Waals surface area contributed by atoms with Gasteiger partial charge in [0.1, 0.15) is 11.6 Å². The highest BCUT2D eigenvalue weighted by Crippen LogP contribution is 2.46. The molecule has 8 nitrogen and oxygen atoms in total. The summed E-state index contributed by atoms with van der Waals surface area (Å²) in [7, 11) is 4.25. The molecule has 0 amide bonds. The van der Waals surface area contributed by atoms with Gasteiger partial charge in [0.2, 0.25) is 0 Å². The molecule has 9 heteroatoms. The predicted molar refractivity (Wildman–Crippen MR) is 160 cm³/mol. The second kappa shape index (κ2) is 10.7. The summed E-state index contributed by atoms with van der Waals surface area (Å²) < 4.78 is 7.42. The Morgan fingerprint density at radius 2 is 2.05 bits per heavy atom. The number of nitrogens with one attached hydrogen (secondary N) is 1. The molecule has 1 saturated heterocycles. The monoisotopic (exact) mass is 594 g/mol. The van der Waals surface area contributed by atoms with Gasteiger partial charge >= 0.3 is 6.01 Å². The predicted octanol–water partition coefficient (Wildman–Crippen LogP) is 4.57. The highest BCUT2D eigenvalue weighted by atomic mass is 79.9. The molecule has 2 aliphatic heterocycles. The fourth-order valence-electron chi connectivity index (χ4n) is 6.31. The third kappa shape index (κ3) is 5.41. The lowest BCUT2D eigenvalue weighted by molar-refractivity contribution is 0.182. The third-order valence-corrected chi connectivity index (χ3v) is 9.12. The highest BCUT2D eigenvalue weighted by molar-refractivity contribution is 9.10. The highest BCUT2D eigenvalue weighted by Gasteiger charge is 2.44. The van der Waals surface area contributed by atoms with E-state index in [2.05, 4.69) is 63.0 Å². The van der Waals surface area contributed by atoms with Crippen molar-refractivity contribution in [3.05, 3.63) is 46.1 Å². The molecule has 6 rings (SSSR count). The second-order valence-electron chi connectivity index (χ2n) is 11.7. The van der Waals surface area contributed by atoms with Gasteiger partial charge in [-0.2, -0.15) is 9.97 Å². The van der Waals surface area contributed by atoms with Crippen LogP contribution in [-0.2, 0) is 13.0 Å². The van der Waals surface area contributed by atoms with Crippen LogP contribution in [0.2, 0.25) is 0 Å². The minimum Gasteiger partial charge on any atom is -0.508 e. The van der Waals surface area contributed by atoms with E-state index in [1.165, 1.54) is 18.4 Å². The SMILES string of the molecule is CC[C@H]1CNCCN1c1nc(OCC2(CN(C)C)CC2)nc2c1CCN(c1cc(O)cc3cccc(Br)c13)C2. The van der Waals surface area contributed by atoms with E-state index >= 15 is 0 Å². The van der Waals surface area contributed by atoms with Crippen LogP contribution in [0.1, 0.15) is 37.4 Å². The number of phenols is 1. The van der Waals surface area contributed by atoms with Gasteiger partial charge < -0.3 is 29.9 Å². The third-order valence-electron chi connectivity index (χ3n) is 8.46. The van der Waals surface area contributed by atoms with Gasteiger partial charge in [0.25, 0.3) is 0 Å². The minimum atomic E-state index is 0.211. The molecular formula is C30H39BrN6O2. The first-order chi connectivity index (χ1) is 18.9. The number of hydrogen-bond acceptors (Lipinski definition) is 8. The van der Waals surface area contributed by atoms with Gasteiger partial charge in [-0.1, -0.05) is 35.0 Å². The lowest BCUT2D eigenvalue weighted by atomic mass is 10.0. The lowest BCUT2D eigenvalue weighted by Crippen LogP contribution is -2.52. The summed E-state index contributed by atoms with van der Waals surface area (Å²) in [6.45, 7) is 8.24. The molecular weight excluding hydrogens is 556 g/mol. The lowest BCUT2D eigenvalue weighted by Gasteiger charge is -2.39. The fourth-order valence-corrected chi connectivity index (χ4v) is 6.89. The van der Waals surface area contributed by atoms with Gasteiger partial charge in [-0.25, -0.2) is 0 Å². The maximum absolute atomic E-state index is 10.6. The van der Waals surface area contributed by atoms with Crippen molar-refractivity contribution < 1.29 is 9.84 Å². The number of anilines is 2. The molecule has 1 aliphatic carbocycles. The van der Waals surface area contributed by atoms with Gasteiger partial charge in [0.15, 0.2) is 0 Å². The van der Waals surface area contributed by atoms with E-state index in [1.54, 1.807) is 0 Å². The number of aromatic nitrogens is 2. The first kappa shape index (κ1) is 26.6. The Kier molecular flexibility index (Phi) is 7.33. The average molecular weight is 596 g/mol. The smallest absolute Gasteiger partial charge is 0.318 e. The number of ether oxygens (including phenoxy) is 1. The molecule has 2 fully saturated rings. The molecule has 2 aromatic carbocycles. The van der Waals surface area contributed by atoms with E-state index in [9.17, 15) is 5.11 Å². The Hall–Kier alpha value is -2.62. The zero-order valence-electron chi connectivity index (χ0n) is 23.2. The first-order valence-corrected chi connectivity index (χ1v) is 15.0. The average Bonchev–Trinajstić information content (AvgIpc) is 3.69. The van der Waals surface area contributed by atoms with Crippen LogP contribution in [0.15, 0.2) is 34.8 Å². The van der Waals surface area contributed by atoms with Crippen LogP contribution < -0.4 is 19.9 Å². The Balaban J connectivity index is 1.37. The van der Waals surface area contributed by atoms with Crippen LogP contribution in [0.3, 0.4) is 0 Å². The van der Waals surface area contributed by atoms with E-state index in [4.69, 9.17) is 14.7 Å². The van der Waals surface area contributed by atoms with Crippen molar-refractivity contribution in [2.45, 2.75) is 45.2 Å². The molecule has 1 saturated carbocycles. The minimum absolute atomic E-state index is 0.211. The summed E-state index contributed by atoms with van der Waals surface area (Å²) in [5.41, 5.74) is 3.48. The van der Waals surface area contributed by atoms with Crippen LogP contribution >= 0.6 is 15.9 Å². The molecule has 3 aliphatic rings. The van der Waals surface area contributed by atoms with E-state index in [-0.39, 0.29) is 11.2 Å².